The molecular formula is C18H18BrN3O3. The lowest BCUT2D eigenvalue weighted by molar-refractivity contribution is -0.143. The zero-order chi connectivity index (χ0) is 18.1. The van der Waals surface area contributed by atoms with E-state index in [9.17, 15) is 9.59 Å². The Morgan fingerprint density at radius 1 is 1.28 bits per heavy atom. The highest BCUT2D eigenvalue weighted by Crippen LogP contribution is 2.23. The Labute approximate surface area is 153 Å². The molecule has 0 amide bonds. The molecule has 0 atom stereocenters. The van der Waals surface area contributed by atoms with Gasteiger partial charge in [-0.1, -0.05) is 12.1 Å². The van der Waals surface area contributed by atoms with E-state index in [1.165, 1.54) is 4.57 Å². The Morgan fingerprint density at radius 2 is 2.04 bits per heavy atom. The molecule has 0 radical (unpaired) electrons. The van der Waals surface area contributed by atoms with E-state index in [0.29, 0.717) is 11.3 Å². The van der Waals surface area contributed by atoms with E-state index < -0.39 is 5.97 Å². The van der Waals surface area contributed by atoms with Gasteiger partial charge in [-0.3, -0.25) is 9.36 Å². The van der Waals surface area contributed by atoms with Crippen molar-refractivity contribution in [1.29, 1.82) is 0 Å². The molecule has 0 bridgehead atoms. The van der Waals surface area contributed by atoms with E-state index >= 15 is 0 Å². The number of nitrogens with zero attached hydrogens (tertiary/aromatic N) is 3. The Hall–Kier alpha value is -2.41. The minimum absolute atomic E-state index is 0.130. The lowest BCUT2D eigenvalue weighted by Crippen LogP contribution is -2.27. The van der Waals surface area contributed by atoms with Crippen LogP contribution in [0.5, 0.6) is 0 Å². The summed E-state index contributed by atoms with van der Waals surface area (Å²) in [5.74, 6) is 0.112. The van der Waals surface area contributed by atoms with Gasteiger partial charge in [0.2, 0.25) is 0 Å². The van der Waals surface area contributed by atoms with Crippen LogP contribution < -0.4 is 5.69 Å². The lowest BCUT2D eigenvalue weighted by Gasteiger charge is -2.07. The maximum Gasteiger partial charge on any atom is 0.335 e. The van der Waals surface area contributed by atoms with Crippen molar-refractivity contribution in [1.82, 2.24) is 14.1 Å². The van der Waals surface area contributed by atoms with Crippen LogP contribution in [0, 0.1) is 13.8 Å². The van der Waals surface area contributed by atoms with Crippen LogP contribution in [0.1, 0.15) is 18.1 Å². The van der Waals surface area contributed by atoms with Gasteiger partial charge >= 0.3 is 11.7 Å². The molecule has 130 valence electrons. The summed E-state index contributed by atoms with van der Waals surface area (Å²) in [4.78, 5) is 29.4. The van der Waals surface area contributed by atoms with Crippen LogP contribution in [0.25, 0.3) is 16.9 Å². The second-order valence-corrected chi connectivity index (χ2v) is 6.66. The number of carbonyl (C=O) groups is 1. The van der Waals surface area contributed by atoms with Gasteiger partial charge in [-0.05, 0) is 60.0 Å². The normalized spacial score (nSPS) is 11.0. The summed E-state index contributed by atoms with van der Waals surface area (Å²) in [6.45, 7) is 5.71. The Balaban J connectivity index is 2.30. The zero-order valence-electron chi connectivity index (χ0n) is 14.2. The first kappa shape index (κ1) is 17.4. The zero-order valence-corrected chi connectivity index (χ0v) is 15.8. The SMILES string of the molecule is CCOC(=O)Cn1c(=O)n(-c2ncc(Br)cc2C)c2c(C)cccc21. The quantitative estimate of drug-likeness (QED) is 0.627. The molecule has 0 aliphatic carbocycles. The molecule has 7 heteroatoms. The maximum atomic E-state index is 13.1. The fraction of sp³-hybridized carbons (Fsp3) is 0.278. The topological polar surface area (TPSA) is 66.1 Å². The summed E-state index contributed by atoms with van der Waals surface area (Å²) in [5, 5.41) is 0. The summed E-state index contributed by atoms with van der Waals surface area (Å²) in [5.41, 5.74) is 2.91. The number of fused-ring (bicyclic) bond motifs is 1. The van der Waals surface area contributed by atoms with Crippen LogP contribution in [-0.4, -0.2) is 26.7 Å². The molecule has 0 aliphatic heterocycles. The maximum absolute atomic E-state index is 13.1. The summed E-state index contributed by atoms with van der Waals surface area (Å²) in [7, 11) is 0. The first-order chi connectivity index (χ1) is 11.9. The van der Waals surface area contributed by atoms with Gasteiger partial charge in [0.15, 0.2) is 0 Å². The second kappa shape index (κ2) is 6.84. The van der Waals surface area contributed by atoms with Gasteiger partial charge < -0.3 is 4.74 Å². The molecule has 0 saturated carbocycles. The van der Waals surface area contributed by atoms with Crippen molar-refractivity contribution in [2.24, 2.45) is 0 Å². The summed E-state index contributed by atoms with van der Waals surface area (Å²) < 4.78 is 8.84. The van der Waals surface area contributed by atoms with Crippen molar-refractivity contribution in [3.05, 3.63) is 56.5 Å². The minimum Gasteiger partial charge on any atom is -0.465 e. The number of ether oxygens (including phenoxy) is 1. The van der Waals surface area contributed by atoms with E-state index in [0.717, 1.165) is 21.1 Å². The summed E-state index contributed by atoms with van der Waals surface area (Å²) in [6.07, 6.45) is 1.65. The van der Waals surface area contributed by atoms with E-state index in [4.69, 9.17) is 4.74 Å². The van der Waals surface area contributed by atoms with Gasteiger partial charge in [0.25, 0.3) is 0 Å². The first-order valence-corrected chi connectivity index (χ1v) is 8.72. The molecular weight excluding hydrogens is 386 g/mol. The molecule has 6 nitrogen and oxygen atoms in total. The third kappa shape index (κ3) is 3.11. The van der Waals surface area contributed by atoms with E-state index in [2.05, 4.69) is 20.9 Å². The van der Waals surface area contributed by atoms with Crippen LogP contribution in [0.2, 0.25) is 0 Å². The minimum atomic E-state index is -0.439. The molecule has 0 spiro atoms. The van der Waals surface area contributed by atoms with Crippen molar-refractivity contribution in [3.8, 4) is 5.82 Å². The first-order valence-electron chi connectivity index (χ1n) is 7.93. The number of imidazole rings is 1. The number of halogens is 1. The molecule has 1 aromatic carbocycles. The highest BCUT2D eigenvalue weighted by atomic mass is 79.9. The highest BCUT2D eigenvalue weighted by molar-refractivity contribution is 9.10. The van der Waals surface area contributed by atoms with Crippen LogP contribution in [0.4, 0.5) is 0 Å². The number of hydrogen-bond donors (Lipinski definition) is 0. The van der Waals surface area contributed by atoms with Crippen molar-refractivity contribution in [2.45, 2.75) is 27.3 Å². The van der Waals surface area contributed by atoms with Crippen LogP contribution in [0.15, 0.2) is 39.7 Å². The summed E-state index contributed by atoms with van der Waals surface area (Å²) in [6, 6.07) is 7.53. The number of esters is 1. The van der Waals surface area contributed by atoms with Gasteiger partial charge in [-0.25, -0.2) is 14.3 Å². The number of carbonyl (C=O) groups excluding carboxylic acids is 1. The number of aromatic nitrogens is 3. The fourth-order valence-electron chi connectivity index (χ4n) is 2.92. The molecule has 25 heavy (non-hydrogen) atoms. The number of pyridine rings is 1. The number of para-hydroxylation sites is 1. The van der Waals surface area contributed by atoms with Gasteiger partial charge in [-0.15, -0.1) is 0 Å². The highest BCUT2D eigenvalue weighted by Gasteiger charge is 2.20. The van der Waals surface area contributed by atoms with Gasteiger partial charge in [0.1, 0.15) is 12.4 Å². The van der Waals surface area contributed by atoms with Crippen molar-refractivity contribution < 1.29 is 9.53 Å². The third-order valence-electron chi connectivity index (χ3n) is 3.97. The number of hydrogen-bond acceptors (Lipinski definition) is 4. The lowest BCUT2D eigenvalue weighted by atomic mass is 10.2. The van der Waals surface area contributed by atoms with Crippen LogP contribution in [-0.2, 0) is 16.1 Å². The van der Waals surface area contributed by atoms with Crippen molar-refractivity contribution in [2.75, 3.05) is 6.61 Å². The Morgan fingerprint density at radius 3 is 2.72 bits per heavy atom. The fourth-order valence-corrected chi connectivity index (χ4v) is 3.37. The molecule has 0 aliphatic rings. The average molecular weight is 404 g/mol. The van der Waals surface area contributed by atoms with Crippen LogP contribution in [0.3, 0.4) is 0 Å². The number of rotatable bonds is 4. The van der Waals surface area contributed by atoms with E-state index in [1.807, 2.05) is 38.1 Å². The largest absolute Gasteiger partial charge is 0.465 e. The van der Waals surface area contributed by atoms with Crippen molar-refractivity contribution in [3.63, 3.8) is 0 Å². The standard InChI is InChI=1S/C18H18BrN3O3/c1-4-25-15(23)10-21-14-7-5-6-11(2)16(14)22(18(21)24)17-12(3)8-13(19)9-20-17/h5-9H,4,10H2,1-3H3. The number of aryl methyl sites for hydroxylation is 2. The molecule has 3 aromatic rings. The van der Waals surface area contributed by atoms with E-state index in [-0.39, 0.29) is 18.8 Å². The molecule has 3 rings (SSSR count). The van der Waals surface area contributed by atoms with Crippen LogP contribution >= 0.6 is 15.9 Å². The number of benzene rings is 1. The van der Waals surface area contributed by atoms with E-state index in [1.54, 1.807) is 17.7 Å². The Kier molecular flexibility index (Phi) is 4.76. The van der Waals surface area contributed by atoms with Gasteiger partial charge in [0.05, 0.1) is 17.6 Å². The average Bonchev–Trinajstić information content (AvgIpc) is 2.82. The predicted octanol–water partition coefficient (Wildman–Crippen LogP) is 3.13. The molecule has 2 heterocycles. The Bertz CT molecular complexity index is 1020. The molecule has 2 aromatic heterocycles. The van der Waals surface area contributed by atoms with Crippen molar-refractivity contribution >= 4 is 32.9 Å². The molecule has 0 saturated heterocycles. The smallest absolute Gasteiger partial charge is 0.335 e. The second-order valence-electron chi connectivity index (χ2n) is 5.75. The predicted molar refractivity (Wildman–Crippen MR) is 99.1 cm³/mol. The molecule has 0 fully saturated rings. The molecule has 0 N–H and O–H groups in total. The third-order valence-corrected chi connectivity index (χ3v) is 4.41. The van der Waals surface area contributed by atoms with Gasteiger partial charge in [0, 0.05) is 10.7 Å². The summed E-state index contributed by atoms with van der Waals surface area (Å²) >= 11 is 3.39. The molecule has 0 unspecified atom stereocenters. The monoisotopic (exact) mass is 403 g/mol. The van der Waals surface area contributed by atoms with Gasteiger partial charge in [-0.2, -0.15) is 0 Å².